The van der Waals surface area contributed by atoms with E-state index >= 15 is 0 Å². The lowest BCUT2D eigenvalue weighted by atomic mass is 10.2. The average Bonchev–Trinajstić information content (AvgIpc) is 2.87. The van der Waals surface area contributed by atoms with Crippen LogP contribution in [0.3, 0.4) is 0 Å². The number of aryl methyl sites for hydroxylation is 1. The number of carbonyl (C=O) groups excluding carboxylic acids is 1. The van der Waals surface area contributed by atoms with Gasteiger partial charge in [0.15, 0.2) is 0 Å². The third kappa shape index (κ3) is 4.13. The van der Waals surface area contributed by atoms with Crippen molar-refractivity contribution < 1.29 is 4.79 Å². The van der Waals surface area contributed by atoms with Crippen molar-refractivity contribution in [1.82, 2.24) is 9.55 Å². The van der Waals surface area contributed by atoms with Crippen molar-refractivity contribution >= 4 is 28.8 Å². The number of anilines is 1. The van der Waals surface area contributed by atoms with Crippen LogP contribution in [0.2, 0.25) is 0 Å². The molecule has 0 bridgehead atoms. The van der Waals surface area contributed by atoms with Crippen molar-refractivity contribution in [2.45, 2.75) is 26.3 Å². The Kier molecular flexibility index (Phi) is 5.05. The van der Waals surface area contributed by atoms with Crippen molar-refractivity contribution in [3.8, 4) is 0 Å². The highest BCUT2D eigenvalue weighted by atomic mass is 32.1. The molecule has 0 saturated heterocycles. The fraction of sp³-hybridized carbons (Fsp3) is 0.267. The van der Waals surface area contributed by atoms with Crippen LogP contribution < -0.4 is 11.1 Å². The normalized spacial score (nSPS) is 10.3. The van der Waals surface area contributed by atoms with Gasteiger partial charge in [-0.15, -0.1) is 0 Å². The molecule has 0 atom stereocenters. The first-order valence-corrected chi connectivity index (χ1v) is 7.20. The molecule has 21 heavy (non-hydrogen) atoms. The van der Waals surface area contributed by atoms with E-state index in [9.17, 15) is 4.79 Å². The van der Waals surface area contributed by atoms with Gasteiger partial charge in [-0.3, -0.25) is 4.79 Å². The van der Waals surface area contributed by atoms with E-state index < -0.39 is 0 Å². The molecule has 3 N–H and O–H groups in total. The minimum atomic E-state index is -0.0894. The molecule has 6 heteroatoms. The van der Waals surface area contributed by atoms with E-state index in [0.29, 0.717) is 4.99 Å². The first-order chi connectivity index (χ1) is 10.1. The van der Waals surface area contributed by atoms with Gasteiger partial charge in [-0.25, -0.2) is 4.98 Å². The van der Waals surface area contributed by atoms with Crippen molar-refractivity contribution in [2.24, 2.45) is 5.73 Å². The summed E-state index contributed by atoms with van der Waals surface area (Å²) in [5.74, 6) is 0.838. The number of nitrogens with one attached hydrogen (secondary N) is 1. The largest absolute Gasteiger partial charge is 0.389 e. The maximum atomic E-state index is 12.0. The Hall–Kier alpha value is -2.21. The lowest BCUT2D eigenvalue weighted by Gasteiger charge is -2.09. The van der Waals surface area contributed by atoms with Crippen LogP contribution in [-0.2, 0) is 17.8 Å². The number of benzene rings is 1. The van der Waals surface area contributed by atoms with Crippen LogP contribution in [0.1, 0.15) is 24.7 Å². The molecule has 0 aliphatic rings. The summed E-state index contributed by atoms with van der Waals surface area (Å²) in [5, 5.41) is 2.84. The average molecular weight is 302 g/mol. The van der Waals surface area contributed by atoms with E-state index in [1.165, 1.54) is 0 Å². The predicted octanol–water partition coefficient (Wildman–Crippen LogP) is 2.11. The minimum absolute atomic E-state index is 0.0894. The van der Waals surface area contributed by atoms with Gasteiger partial charge in [-0.05, 0) is 30.7 Å². The van der Waals surface area contributed by atoms with Crippen LogP contribution in [0.15, 0.2) is 36.7 Å². The number of imidazole rings is 1. The van der Waals surface area contributed by atoms with Crippen LogP contribution in [0.4, 0.5) is 5.69 Å². The molecule has 0 aliphatic heterocycles. The van der Waals surface area contributed by atoms with Crippen molar-refractivity contribution in [3.05, 3.63) is 48.0 Å². The van der Waals surface area contributed by atoms with Gasteiger partial charge in [0.2, 0.25) is 5.91 Å². The maximum absolute atomic E-state index is 12.0. The number of aromatic nitrogens is 2. The first-order valence-electron chi connectivity index (χ1n) is 6.80. The number of carbonyl (C=O) groups is 1. The second-order valence-corrected chi connectivity index (χ2v) is 5.15. The smallest absolute Gasteiger partial charge is 0.244 e. The molecule has 0 saturated carbocycles. The molecule has 0 fully saturated rings. The van der Waals surface area contributed by atoms with Crippen LogP contribution in [0.25, 0.3) is 0 Å². The zero-order valence-corrected chi connectivity index (χ0v) is 12.7. The summed E-state index contributed by atoms with van der Waals surface area (Å²) < 4.78 is 1.86. The number of nitrogens with two attached hydrogens (primary N) is 1. The Morgan fingerprint density at radius 1 is 1.38 bits per heavy atom. The lowest BCUT2D eigenvalue weighted by molar-refractivity contribution is -0.116. The quantitative estimate of drug-likeness (QED) is 0.802. The molecule has 1 heterocycles. The highest BCUT2D eigenvalue weighted by Gasteiger charge is 2.07. The molecule has 0 radical (unpaired) electrons. The number of nitrogens with zero attached hydrogens (tertiary/aromatic N) is 2. The highest BCUT2D eigenvalue weighted by molar-refractivity contribution is 7.80. The van der Waals surface area contributed by atoms with Gasteiger partial charge in [0.25, 0.3) is 0 Å². The van der Waals surface area contributed by atoms with Gasteiger partial charge in [0, 0.05) is 30.1 Å². The zero-order valence-electron chi connectivity index (χ0n) is 11.9. The topological polar surface area (TPSA) is 72.9 Å². The predicted molar refractivity (Wildman–Crippen MR) is 87.2 cm³/mol. The van der Waals surface area contributed by atoms with E-state index in [-0.39, 0.29) is 12.5 Å². The monoisotopic (exact) mass is 302 g/mol. The van der Waals surface area contributed by atoms with Crippen molar-refractivity contribution in [3.63, 3.8) is 0 Å². The number of thiocarbonyl (C=S) groups is 1. The summed E-state index contributed by atoms with van der Waals surface area (Å²) >= 11 is 4.89. The Morgan fingerprint density at radius 2 is 2.10 bits per heavy atom. The molecule has 2 rings (SSSR count). The Labute approximate surface area is 129 Å². The SMILES string of the molecule is CCCc1nccn1CC(=O)Nc1ccc(C(N)=S)cc1. The molecule has 1 amide bonds. The number of hydrogen-bond acceptors (Lipinski definition) is 3. The molecule has 0 unspecified atom stereocenters. The highest BCUT2D eigenvalue weighted by Crippen LogP contribution is 2.10. The Morgan fingerprint density at radius 3 is 2.71 bits per heavy atom. The standard InChI is InChI=1S/C15H18N4OS/c1-2-3-13-17-8-9-19(13)10-14(20)18-12-6-4-11(5-7-12)15(16)21/h4-9H,2-3,10H2,1H3,(H2,16,21)(H,18,20). The minimum Gasteiger partial charge on any atom is -0.389 e. The molecule has 0 spiro atoms. The summed E-state index contributed by atoms with van der Waals surface area (Å²) in [6.07, 6.45) is 5.40. The molecule has 110 valence electrons. The summed E-state index contributed by atoms with van der Waals surface area (Å²) in [7, 11) is 0. The molecule has 2 aromatic rings. The third-order valence-corrected chi connectivity index (χ3v) is 3.28. The summed E-state index contributed by atoms with van der Waals surface area (Å²) in [5.41, 5.74) is 7.03. The van der Waals surface area contributed by atoms with Crippen LogP contribution >= 0.6 is 12.2 Å². The van der Waals surface area contributed by atoms with Crippen LogP contribution in [0.5, 0.6) is 0 Å². The third-order valence-electron chi connectivity index (χ3n) is 3.04. The molecule has 5 nitrogen and oxygen atoms in total. The Bertz CT molecular complexity index is 633. The number of hydrogen-bond donors (Lipinski definition) is 2. The summed E-state index contributed by atoms with van der Waals surface area (Å²) in [4.78, 5) is 16.6. The van der Waals surface area contributed by atoms with Gasteiger partial charge >= 0.3 is 0 Å². The Balaban J connectivity index is 1.98. The number of amides is 1. The van der Waals surface area contributed by atoms with E-state index in [0.717, 1.165) is 29.9 Å². The van der Waals surface area contributed by atoms with Crippen LogP contribution in [0, 0.1) is 0 Å². The molecule has 1 aromatic carbocycles. The van der Waals surface area contributed by atoms with Crippen LogP contribution in [-0.4, -0.2) is 20.4 Å². The van der Waals surface area contributed by atoms with Gasteiger partial charge < -0.3 is 15.6 Å². The second kappa shape index (κ2) is 6.99. The van der Waals surface area contributed by atoms with Crippen molar-refractivity contribution in [2.75, 3.05) is 5.32 Å². The molecule has 1 aromatic heterocycles. The fourth-order valence-corrected chi connectivity index (χ4v) is 2.14. The fourth-order valence-electron chi connectivity index (χ4n) is 2.01. The first kappa shape index (κ1) is 15.2. The van der Waals surface area contributed by atoms with Gasteiger partial charge in [-0.1, -0.05) is 19.1 Å². The maximum Gasteiger partial charge on any atom is 0.244 e. The van der Waals surface area contributed by atoms with Gasteiger partial charge in [0.05, 0.1) is 0 Å². The van der Waals surface area contributed by atoms with Gasteiger partial charge in [0.1, 0.15) is 17.4 Å². The second-order valence-electron chi connectivity index (χ2n) is 4.71. The molecular weight excluding hydrogens is 284 g/mol. The lowest BCUT2D eigenvalue weighted by Crippen LogP contribution is -2.20. The van der Waals surface area contributed by atoms with E-state index in [4.69, 9.17) is 18.0 Å². The van der Waals surface area contributed by atoms with E-state index in [1.54, 1.807) is 30.5 Å². The molecular formula is C15H18N4OS. The number of rotatable bonds is 6. The summed E-state index contributed by atoms with van der Waals surface area (Å²) in [6.45, 7) is 2.34. The zero-order chi connectivity index (χ0) is 15.2. The van der Waals surface area contributed by atoms with E-state index in [1.807, 2.05) is 10.8 Å². The molecule has 0 aliphatic carbocycles. The van der Waals surface area contributed by atoms with E-state index in [2.05, 4.69) is 17.2 Å². The summed E-state index contributed by atoms with van der Waals surface area (Å²) in [6, 6.07) is 7.15. The van der Waals surface area contributed by atoms with Gasteiger partial charge in [-0.2, -0.15) is 0 Å². The van der Waals surface area contributed by atoms with Crippen molar-refractivity contribution in [1.29, 1.82) is 0 Å².